The van der Waals surface area contributed by atoms with Crippen LogP contribution in [0.25, 0.3) is 11.3 Å². The number of carbonyl (C=O) groups is 1. The van der Waals surface area contributed by atoms with Gasteiger partial charge in [-0.15, -0.1) is 0 Å². The van der Waals surface area contributed by atoms with Gasteiger partial charge in [-0.2, -0.15) is 4.98 Å². The zero-order valence-corrected chi connectivity index (χ0v) is 19.8. The van der Waals surface area contributed by atoms with Gasteiger partial charge in [0.2, 0.25) is 0 Å². The number of hydrogen-bond acceptors (Lipinski definition) is 7. The Morgan fingerprint density at radius 3 is 2.74 bits per heavy atom. The second kappa shape index (κ2) is 11.8. The van der Waals surface area contributed by atoms with Gasteiger partial charge >= 0.3 is 6.01 Å². The molecule has 0 bridgehead atoms. The van der Waals surface area contributed by atoms with E-state index >= 15 is 0 Å². The van der Waals surface area contributed by atoms with Crippen LogP contribution in [-0.4, -0.2) is 41.0 Å². The molecule has 4 aromatic rings. The lowest BCUT2D eigenvalue weighted by Gasteiger charge is -2.12. The first-order valence-electron chi connectivity index (χ1n) is 11.4. The summed E-state index contributed by atoms with van der Waals surface area (Å²) in [6.07, 6.45) is 5.09. The van der Waals surface area contributed by atoms with Crippen molar-refractivity contribution in [2.45, 2.75) is 13.5 Å². The van der Waals surface area contributed by atoms with Crippen LogP contribution in [0.5, 0.6) is 11.8 Å². The zero-order chi connectivity index (χ0) is 24.5. The van der Waals surface area contributed by atoms with E-state index in [-0.39, 0.29) is 11.9 Å². The lowest BCUT2D eigenvalue weighted by molar-refractivity contribution is 0.102. The first kappa shape index (κ1) is 24.0. The fraction of sp³-hybridized carbons (Fsp3) is 0.185. The Bertz CT molecular complexity index is 1280. The standard InChI is InChI=1S/C27H28N6O2/c1-19-8-9-23(32-26(34)21-6-3-5-20(15-21)17-30-14-13-28-2)16-25(19)35-27-31-12-10-24(33-27)22-7-4-11-29-18-22/h3-12,15-16,18,28,30H,13-14,17H2,1-2H3,(H,32,34). The monoisotopic (exact) mass is 468 g/mol. The molecule has 8 nitrogen and oxygen atoms in total. The highest BCUT2D eigenvalue weighted by molar-refractivity contribution is 6.04. The molecule has 0 spiro atoms. The Balaban J connectivity index is 1.45. The molecule has 35 heavy (non-hydrogen) atoms. The molecule has 1 amide bonds. The van der Waals surface area contributed by atoms with Crippen molar-refractivity contribution in [2.75, 3.05) is 25.5 Å². The number of ether oxygens (including phenoxy) is 1. The van der Waals surface area contributed by atoms with Gasteiger partial charge in [0.1, 0.15) is 5.75 Å². The average Bonchev–Trinajstić information content (AvgIpc) is 2.89. The van der Waals surface area contributed by atoms with Crippen molar-refractivity contribution in [3.05, 3.63) is 95.9 Å². The number of likely N-dealkylation sites (N-methyl/N-ethyl adjacent to an activating group) is 1. The smallest absolute Gasteiger partial charge is 0.322 e. The van der Waals surface area contributed by atoms with Crippen LogP contribution in [0.4, 0.5) is 5.69 Å². The minimum Gasteiger partial charge on any atom is -0.424 e. The van der Waals surface area contributed by atoms with E-state index in [1.54, 1.807) is 36.8 Å². The maximum Gasteiger partial charge on any atom is 0.322 e. The molecular formula is C27H28N6O2. The van der Waals surface area contributed by atoms with Crippen molar-refractivity contribution in [1.82, 2.24) is 25.6 Å². The summed E-state index contributed by atoms with van der Waals surface area (Å²) in [5.74, 6) is 0.375. The van der Waals surface area contributed by atoms with Crippen LogP contribution < -0.4 is 20.7 Å². The molecule has 178 valence electrons. The molecule has 0 saturated heterocycles. The molecule has 0 unspecified atom stereocenters. The van der Waals surface area contributed by atoms with Gasteiger partial charge in [-0.1, -0.05) is 18.2 Å². The average molecular weight is 469 g/mol. The van der Waals surface area contributed by atoms with Crippen LogP contribution in [-0.2, 0) is 6.54 Å². The van der Waals surface area contributed by atoms with Crippen molar-refractivity contribution in [3.8, 4) is 23.0 Å². The number of hydrogen-bond donors (Lipinski definition) is 3. The van der Waals surface area contributed by atoms with E-state index in [1.807, 2.05) is 56.4 Å². The third kappa shape index (κ3) is 6.69. The zero-order valence-electron chi connectivity index (χ0n) is 19.8. The normalized spacial score (nSPS) is 10.7. The van der Waals surface area contributed by atoms with Gasteiger partial charge in [-0.3, -0.25) is 9.78 Å². The Morgan fingerprint density at radius 1 is 1.00 bits per heavy atom. The van der Waals surface area contributed by atoms with Gasteiger partial charge in [0.05, 0.1) is 5.69 Å². The lowest BCUT2D eigenvalue weighted by atomic mass is 10.1. The summed E-state index contributed by atoms with van der Waals surface area (Å²) in [7, 11) is 1.92. The Labute approximate surface area is 204 Å². The third-order valence-corrected chi connectivity index (χ3v) is 5.31. The van der Waals surface area contributed by atoms with Crippen molar-refractivity contribution in [3.63, 3.8) is 0 Å². The first-order valence-corrected chi connectivity index (χ1v) is 11.4. The summed E-state index contributed by atoms with van der Waals surface area (Å²) in [6.45, 7) is 4.37. The fourth-order valence-electron chi connectivity index (χ4n) is 3.42. The molecule has 0 saturated carbocycles. The van der Waals surface area contributed by atoms with Crippen LogP contribution in [0.3, 0.4) is 0 Å². The predicted octanol–water partition coefficient (Wildman–Crippen LogP) is 4.20. The number of rotatable bonds is 10. The summed E-state index contributed by atoms with van der Waals surface area (Å²) in [5.41, 5.74) is 4.74. The van der Waals surface area contributed by atoms with E-state index in [0.29, 0.717) is 29.2 Å². The largest absolute Gasteiger partial charge is 0.424 e. The molecule has 0 fully saturated rings. The number of benzene rings is 2. The minimum atomic E-state index is -0.188. The van der Waals surface area contributed by atoms with Crippen LogP contribution in [0, 0.1) is 6.92 Å². The third-order valence-electron chi connectivity index (χ3n) is 5.31. The Kier molecular flexibility index (Phi) is 8.11. The number of anilines is 1. The Morgan fingerprint density at radius 2 is 1.91 bits per heavy atom. The quantitative estimate of drug-likeness (QED) is 0.300. The number of aryl methyl sites for hydroxylation is 1. The topological polar surface area (TPSA) is 101 Å². The summed E-state index contributed by atoms with van der Waals surface area (Å²) < 4.78 is 5.98. The molecule has 2 aromatic heterocycles. The number of nitrogens with zero attached hydrogens (tertiary/aromatic N) is 3. The number of aromatic nitrogens is 3. The molecular weight excluding hydrogens is 440 g/mol. The van der Waals surface area contributed by atoms with Crippen molar-refractivity contribution in [1.29, 1.82) is 0 Å². The molecule has 0 aliphatic rings. The highest BCUT2D eigenvalue weighted by Crippen LogP contribution is 2.27. The van der Waals surface area contributed by atoms with Gasteiger partial charge in [-0.25, -0.2) is 4.98 Å². The molecule has 2 heterocycles. The summed E-state index contributed by atoms with van der Waals surface area (Å²) in [4.78, 5) is 25.7. The van der Waals surface area contributed by atoms with E-state index in [0.717, 1.165) is 29.8 Å². The second-order valence-corrected chi connectivity index (χ2v) is 7.98. The molecule has 0 aliphatic heterocycles. The van der Waals surface area contributed by atoms with Crippen molar-refractivity contribution < 1.29 is 9.53 Å². The van der Waals surface area contributed by atoms with Gasteiger partial charge in [0.15, 0.2) is 0 Å². The summed E-state index contributed by atoms with van der Waals surface area (Å²) >= 11 is 0. The number of pyridine rings is 1. The number of amides is 1. The molecule has 4 rings (SSSR count). The van der Waals surface area contributed by atoms with Crippen molar-refractivity contribution in [2.24, 2.45) is 0 Å². The van der Waals surface area contributed by atoms with E-state index < -0.39 is 0 Å². The number of nitrogens with one attached hydrogen (secondary N) is 3. The highest BCUT2D eigenvalue weighted by Gasteiger charge is 2.11. The van der Waals surface area contributed by atoms with E-state index in [2.05, 4.69) is 30.9 Å². The van der Waals surface area contributed by atoms with Gasteiger partial charge in [0.25, 0.3) is 5.91 Å². The van der Waals surface area contributed by atoms with Crippen molar-refractivity contribution >= 4 is 11.6 Å². The van der Waals surface area contributed by atoms with Gasteiger partial charge in [0, 0.05) is 61.1 Å². The molecule has 8 heteroatoms. The van der Waals surface area contributed by atoms with E-state index in [4.69, 9.17) is 4.74 Å². The molecule has 0 aliphatic carbocycles. The molecule has 2 aromatic carbocycles. The molecule has 3 N–H and O–H groups in total. The lowest BCUT2D eigenvalue weighted by Crippen LogP contribution is -2.24. The van der Waals surface area contributed by atoms with E-state index in [9.17, 15) is 4.79 Å². The predicted molar refractivity (Wildman–Crippen MR) is 137 cm³/mol. The van der Waals surface area contributed by atoms with Gasteiger partial charge in [-0.05, 0) is 61.5 Å². The van der Waals surface area contributed by atoms with Crippen LogP contribution in [0.15, 0.2) is 79.3 Å². The van der Waals surface area contributed by atoms with Crippen LogP contribution >= 0.6 is 0 Å². The minimum absolute atomic E-state index is 0.188. The summed E-state index contributed by atoms with van der Waals surface area (Å²) in [6, 6.07) is 18.9. The number of carbonyl (C=O) groups excluding carboxylic acids is 1. The summed E-state index contributed by atoms with van der Waals surface area (Å²) in [5, 5.41) is 9.40. The second-order valence-electron chi connectivity index (χ2n) is 7.98. The molecule has 0 atom stereocenters. The van der Waals surface area contributed by atoms with Crippen LogP contribution in [0.2, 0.25) is 0 Å². The molecule has 0 radical (unpaired) electrons. The van der Waals surface area contributed by atoms with E-state index in [1.165, 1.54) is 0 Å². The fourth-order valence-corrected chi connectivity index (χ4v) is 3.42. The SMILES string of the molecule is CNCCNCc1cccc(C(=O)Nc2ccc(C)c(Oc3nccc(-c4cccnc4)n3)c2)c1. The maximum absolute atomic E-state index is 12.9. The maximum atomic E-state index is 12.9. The highest BCUT2D eigenvalue weighted by atomic mass is 16.5. The van der Waals surface area contributed by atoms with Gasteiger partial charge < -0.3 is 20.7 Å². The van der Waals surface area contributed by atoms with Crippen LogP contribution in [0.1, 0.15) is 21.5 Å². The first-order chi connectivity index (χ1) is 17.1. The Hall–Kier alpha value is -4.14.